The number of Topliss-reactive ketones (excluding diaryl/α,β-unsaturated/α-hetero) is 1. The molecule has 0 N–H and O–H groups in total. The molecule has 1 heterocycles. The van der Waals surface area contributed by atoms with Gasteiger partial charge in [0.25, 0.3) is 0 Å². The second-order valence-corrected chi connectivity index (χ2v) is 7.97. The number of nitrogens with zero attached hydrogens (tertiary/aromatic N) is 1. The van der Waals surface area contributed by atoms with E-state index in [0.717, 1.165) is 5.56 Å². The Labute approximate surface area is 196 Å². The van der Waals surface area contributed by atoms with Gasteiger partial charge in [-0.15, -0.1) is 0 Å². The van der Waals surface area contributed by atoms with E-state index in [1.165, 1.54) is 24.3 Å². The molecule has 1 atom stereocenters. The number of esters is 2. The van der Waals surface area contributed by atoms with Crippen molar-refractivity contribution in [3.63, 3.8) is 0 Å². The maximum Gasteiger partial charge on any atom is 0.343 e. The number of carbonyl (C=O) groups is 4. The van der Waals surface area contributed by atoms with Crippen LogP contribution in [0.25, 0.3) is 0 Å². The average molecular weight is 457 g/mol. The van der Waals surface area contributed by atoms with Crippen molar-refractivity contribution in [3.8, 4) is 5.75 Å². The van der Waals surface area contributed by atoms with Gasteiger partial charge in [-0.25, -0.2) is 4.79 Å². The lowest BCUT2D eigenvalue weighted by Crippen LogP contribution is -2.27. The number of hydrogen-bond acceptors (Lipinski definition) is 6. The summed E-state index contributed by atoms with van der Waals surface area (Å²) in [5, 5.41) is 0. The normalized spacial score (nSPS) is 15.1. The van der Waals surface area contributed by atoms with Gasteiger partial charge in [-0.1, -0.05) is 48.5 Å². The van der Waals surface area contributed by atoms with E-state index in [0.29, 0.717) is 23.4 Å². The van der Waals surface area contributed by atoms with Crippen molar-refractivity contribution in [1.82, 2.24) is 4.90 Å². The maximum atomic E-state index is 12.4. The summed E-state index contributed by atoms with van der Waals surface area (Å²) in [5.41, 5.74) is 1.72. The minimum Gasteiger partial charge on any atom is -0.457 e. The van der Waals surface area contributed by atoms with Crippen LogP contribution < -0.4 is 4.74 Å². The Balaban J connectivity index is 1.26. The van der Waals surface area contributed by atoms with E-state index in [4.69, 9.17) is 9.47 Å². The van der Waals surface area contributed by atoms with Crippen LogP contribution in [0.5, 0.6) is 5.75 Å². The van der Waals surface area contributed by atoms with Gasteiger partial charge >= 0.3 is 11.9 Å². The van der Waals surface area contributed by atoms with Crippen LogP contribution in [0.3, 0.4) is 0 Å². The third kappa shape index (κ3) is 5.75. The SMILES string of the molecule is O=C(COC(=O)C1CC(=O)N(Cc2ccccc2)C1)c1ccc(OC(=O)c2ccccc2)cc1. The van der Waals surface area contributed by atoms with Crippen LogP contribution in [-0.4, -0.2) is 41.7 Å². The van der Waals surface area contributed by atoms with Gasteiger partial charge in [0.15, 0.2) is 12.4 Å². The zero-order chi connectivity index (χ0) is 23.9. The molecule has 7 nitrogen and oxygen atoms in total. The molecular weight excluding hydrogens is 434 g/mol. The Morgan fingerprint density at radius 1 is 0.824 bits per heavy atom. The molecule has 0 aliphatic carbocycles. The molecule has 1 amide bonds. The number of hydrogen-bond donors (Lipinski definition) is 0. The molecule has 0 aromatic heterocycles. The first-order chi connectivity index (χ1) is 16.5. The highest BCUT2D eigenvalue weighted by Gasteiger charge is 2.35. The Bertz CT molecular complexity index is 1170. The van der Waals surface area contributed by atoms with Crippen LogP contribution in [0.1, 0.15) is 32.7 Å². The van der Waals surface area contributed by atoms with Crippen molar-refractivity contribution in [3.05, 3.63) is 102 Å². The molecule has 0 saturated carbocycles. The van der Waals surface area contributed by atoms with Crippen molar-refractivity contribution in [2.24, 2.45) is 5.92 Å². The van der Waals surface area contributed by atoms with E-state index < -0.39 is 24.5 Å². The van der Waals surface area contributed by atoms with E-state index in [-0.39, 0.29) is 24.7 Å². The van der Waals surface area contributed by atoms with Gasteiger partial charge in [0.05, 0.1) is 11.5 Å². The van der Waals surface area contributed by atoms with Crippen molar-refractivity contribution in [2.45, 2.75) is 13.0 Å². The standard InChI is InChI=1S/C27H23NO6/c29-24(20-11-13-23(14-12-20)34-27(32)21-9-5-2-6-10-21)18-33-26(31)22-15-25(30)28(17-22)16-19-7-3-1-4-8-19/h1-14,22H,15-18H2. The smallest absolute Gasteiger partial charge is 0.343 e. The predicted molar refractivity (Wildman–Crippen MR) is 123 cm³/mol. The molecule has 1 unspecified atom stereocenters. The van der Waals surface area contributed by atoms with Gasteiger partial charge in [0, 0.05) is 25.1 Å². The maximum absolute atomic E-state index is 12.4. The number of amides is 1. The summed E-state index contributed by atoms with van der Waals surface area (Å²) in [4.78, 5) is 50.9. The highest BCUT2D eigenvalue weighted by molar-refractivity contribution is 5.98. The summed E-state index contributed by atoms with van der Waals surface area (Å²) in [5.74, 6) is -1.86. The summed E-state index contributed by atoms with van der Waals surface area (Å²) in [7, 11) is 0. The van der Waals surface area contributed by atoms with Crippen LogP contribution >= 0.6 is 0 Å². The molecule has 0 spiro atoms. The highest BCUT2D eigenvalue weighted by atomic mass is 16.5. The molecule has 3 aromatic rings. The Morgan fingerprint density at radius 3 is 2.15 bits per heavy atom. The zero-order valence-corrected chi connectivity index (χ0v) is 18.4. The summed E-state index contributed by atoms with van der Waals surface area (Å²) in [6.07, 6.45) is 0.0708. The highest BCUT2D eigenvalue weighted by Crippen LogP contribution is 2.22. The van der Waals surface area contributed by atoms with Crippen LogP contribution in [0.4, 0.5) is 0 Å². The molecule has 1 aliphatic heterocycles. The summed E-state index contributed by atoms with van der Waals surface area (Å²) < 4.78 is 10.5. The summed E-state index contributed by atoms with van der Waals surface area (Å²) in [6.45, 7) is 0.275. The lowest BCUT2D eigenvalue weighted by atomic mass is 10.1. The van der Waals surface area contributed by atoms with Gasteiger partial charge in [-0.3, -0.25) is 14.4 Å². The molecule has 1 aliphatic rings. The third-order valence-corrected chi connectivity index (χ3v) is 5.51. The predicted octanol–water partition coefficient (Wildman–Crippen LogP) is 3.68. The fourth-order valence-corrected chi connectivity index (χ4v) is 3.67. The van der Waals surface area contributed by atoms with Crippen molar-refractivity contribution in [1.29, 1.82) is 0 Å². The minimum absolute atomic E-state index is 0.0708. The second-order valence-electron chi connectivity index (χ2n) is 7.97. The summed E-state index contributed by atoms with van der Waals surface area (Å²) in [6, 6.07) is 24.1. The van der Waals surface area contributed by atoms with E-state index in [1.807, 2.05) is 30.3 Å². The quantitative estimate of drug-likeness (QED) is 0.291. The average Bonchev–Trinajstić information content (AvgIpc) is 3.24. The van der Waals surface area contributed by atoms with Gasteiger partial charge in [0.1, 0.15) is 5.75 Å². The number of carbonyl (C=O) groups excluding carboxylic acids is 4. The molecule has 7 heteroatoms. The van der Waals surface area contributed by atoms with Crippen LogP contribution in [0, 0.1) is 5.92 Å². The lowest BCUT2D eigenvalue weighted by molar-refractivity contribution is -0.147. The first-order valence-electron chi connectivity index (χ1n) is 10.9. The third-order valence-electron chi connectivity index (χ3n) is 5.51. The molecule has 0 radical (unpaired) electrons. The van der Waals surface area contributed by atoms with Crippen LogP contribution in [0.15, 0.2) is 84.9 Å². The second kappa shape index (κ2) is 10.6. The van der Waals surface area contributed by atoms with E-state index in [9.17, 15) is 19.2 Å². The molecule has 0 bridgehead atoms. The Morgan fingerprint density at radius 2 is 1.47 bits per heavy atom. The fourth-order valence-electron chi connectivity index (χ4n) is 3.67. The van der Waals surface area contributed by atoms with Crippen molar-refractivity contribution < 1.29 is 28.7 Å². The largest absolute Gasteiger partial charge is 0.457 e. The first-order valence-corrected chi connectivity index (χ1v) is 10.9. The van der Waals surface area contributed by atoms with Crippen molar-refractivity contribution >= 4 is 23.6 Å². The van der Waals surface area contributed by atoms with E-state index in [1.54, 1.807) is 35.2 Å². The molecule has 4 rings (SSSR count). The van der Waals surface area contributed by atoms with Gasteiger partial charge in [0.2, 0.25) is 5.91 Å². The minimum atomic E-state index is -0.594. The first kappa shape index (κ1) is 22.9. The number of rotatable bonds is 8. The Kier molecular flexibility index (Phi) is 7.13. The zero-order valence-electron chi connectivity index (χ0n) is 18.4. The molecule has 1 saturated heterocycles. The lowest BCUT2D eigenvalue weighted by Gasteiger charge is -2.16. The monoisotopic (exact) mass is 457 g/mol. The van der Waals surface area contributed by atoms with Gasteiger partial charge < -0.3 is 14.4 Å². The van der Waals surface area contributed by atoms with Gasteiger partial charge in [-0.05, 0) is 42.0 Å². The van der Waals surface area contributed by atoms with E-state index >= 15 is 0 Å². The summed E-state index contributed by atoms with van der Waals surface area (Å²) >= 11 is 0. The number of benzene rings is 3. The number of likely N-dealkylation sites (tertiary alicyclic amines) is 1. The number of ether oxygens (including phenoxy) is 2. The molecule has 3 aromatic carbocycles. The molecular formula is C27H23NO6. The van der Waals surface area contributed by atoms with E-state index in [2.05, 4.69) is 0 Å². The topological polar surface area (TPSA) is 90.0 Å². The molecule has 1 fully saturated rings. The van der Waals surface area contributed by atoms with Crippen molar-refractivity contribution in [2.75, 3.05) is 13.2 Å². The molecule has 172 valence electrons. The number of ketones is 1. The van der Waals surface area contributed by atoms with Crippen LogP contribution in [-0.2, 0) is 20.9 Å². The van der Waals surface area contributed by atoms with Crippen LogP contribution in [0.2, 0.25) is 0 Å². The van der Waals surface area contributed by atoms with Gasteiger partial charge in [-0.2, -0.15) is 0 Å². The fraction of sp³-hybridized carbons (Fsp3) is 0.185. The molecule has 34 heavy (non-hydrogen) atoms. The Hall–Kier alpha value is -4.26.